The summed E-state index contributed by atoms with van der Waals surface area (Å²) in [6, 6.07) is 0. The van der Waals surface area contributed by atoms with Gasteiger partial charge in [0.05, 0.1) is 0 Å². The van der Waals surface area contributed by atoms with Crippen LogP contribution in [0.4, 0.5) is 0 Å². The van der Waals surface area contributed by atoms with Crippen LogP contribution in [0, 0.1) is 0 Å². The molecule has 16 heavy (non-hydrogen) atoms. The molecule has 0 aliphatic heterocycles. The van der Waals surface area contributed by atoms with Gasteiger partial charge in [-0.15, -0.1) is 5.10 Å². The van der Waals surface area contributed by atoms with Crippen LogP contribution < -0.4 is 0 Å². The van der Waals surface area contributed by atoms with E-state index in [1.54, 1.807) is 11.0 Å². The molecular weight excluding hydrogens is 200 g/mol. The average Bonchev–Trinajstić information content (AvgIpc) is 2.78. The summed E-state index contributed by atoms with van der Waals surface area (Å²) in [7, 11) is 0. The third-order valence-corrected chi connectivity index (χ3v) is 2.32. The fourth-order valence-electron chi connectivity index (χ4n) is 1.34. The predicted octanol–water partition coefficient (Wildman–Crippen LogP) is 2.49. The summed E-state index contributed by atoms with van der Waals surface area (Å²) in [6.45, 7) is 8.12. The summed E-state index contributed by atoms with van der Waals surface area (Å²) in [4.78, 5) is 0. The lowest BCUT2D eigenvalue weighted by Gasteiger charge is -2.20. The minimum absolute atomic E-state index is 0.266. The van der Waals surface area contributed by atoms with Gasteiger partial charge >= 0.3 is 0 Å². The van der Waals surface area contributed by atoms with Gasteiger partial charge in [0, 0.05) is 0 Å². The van der Waals surface area contributed by atoms with E-state index in [1.807, 2.05) is 19.9 Å². The van der Waals surface area contributed by atoms with E-state index in [0.29, 0.717) is 0 Å². The topological polar surface area (TPSA) is 43.6 Å². The smallest absolute Gasteiger partial charge is 0.139 e. The Kier molecular flexibility index (Phi) is 4.17. The normalized spacial score (nSPS) is 23.1. The van der Waals surface area contributed by atoms with E-state index < -0.39 is 0 Å². The van der Waals surface area contributed by atoms with Gasteiger partial charge in [-0.25, -0.2) is 4.68 Å². The van der Waals surface area contributed by atoms with Gasteiger partial charge in [-0.05, 0) is 24.3 Å². The molecule has 0 N–H and O–H groups in total. The number of hydrogen-bond donors (Lipinski definition) is 0. The molecule has 1 unspecified atom stereocenters. The molecule has 1 heterocycles. The Hall–Kier alpha value is -1.71. The lowest BCUT2D eigenvalue weighted by molar-refractivity contribution is 0.444. The van der Waals surface area contributed by atoms with Crippen molar-refractivity contribution in [2.24, 2.45) is 0 Å². The molecule has 0 saturated heterocycles. The molecular formula is C12H18N4. The van der Waals surface area contributed by atoms with Gasteiger partial charge in [0.15, 0.2) is 0 Å². The molecule has 0 saturated carbocycles. The second-order valence-electron chi connectivity index (χ2n) is 3.58. The second kappa shape index (κ2) is 5.39. The molecule has 0 amide bonds. The lowest BCUT2D eigenvalue weighted by Crippen LogP contribution is -2.25. The summed E-state index contributed by atoms with van der Waals surface area (Å²) in [5.74, 6) is 0. The standard InChI is InChI=1S/C10H12N4.C2H6/c1-9-4-3-6-10(2,7-5-9)14-8-11-12-13-14;1-2/h3-8H,1-2H3;1-2H3. The molecule has 1 atom stereocenters. The highest BCUT2D eigenvalue weighted by Crippen LogP contribution is 2.21. The summed E-state index contributed by atoms with van der Waals surface area (Å²) in [5.41, 5.74) is 0.954. The average molecular weight is 218 g/mol. The van der Waals surface area contributed by atoms with E-state index in [0.717, 1.165) is 0 Å². The van der Waals surface area contributed by atoms with Crippen LogP contribution in [-0.2, 0) is 5.54 Å². The molecule has 0 radical (unpaired) electrons. The predicted molar refractivity (Wildman–Crippen MR) is 64.9 cm³/mol. The minimum Gasteiger partial charge on any atom is -0.219 e. The van der Waals surface area contributed by atoms with Gasteiger partial charge in [0.2, 0.25) is 0 Å². The van der Waals surface area contributed by atoms with Gasteiger partial charge in [0.25, 0.3) is 0 Å². The van der Waals surface area contributed by atoms with Crippen molar-refractivity contribution < 1.29 is 0 Å². The first-order valence-electron chi connectivity index (χ1n) is 5.49. The van der Waals surface area contributed by atoms with E-state index in [1.165, 1.54) is 5.57 Å². The number of rotatable bonds is 1. The highest BCUT2D eigenvalue weighted by Gasteiger charge is 2.21. The maximum Gasteiger partial charge on any atom is 0.139 e. The number of nitrogens with zero attached hydrogens (tertiary/aromatic N) is 4. The first-order valence-corrected chi connectivity index (χ1v) is 5.49. The molecule has 1 aromatic rings. The van der Waals surface area contributed by atoms with Crippen molar-refractivity contribution in [3.63, 3.8) is 0 Å². The maximum atomic E-state index is 3.91. The number of allylic oxidation sites excluding steroid dienone is 6. The van der Waals surface area contributed by atoms with E-state index in [4.69, 9.17) is 0 Å². The molecule has 0 aromatic carbocycles. The van der Waals surface area contributed by atoms with Crippen molar-refractivity contribution >= 4 is 0 Å². The molecule has 1 aliphatic carbocycles. The summed E-state index contributed by atoms with van der Waals surface area (Å²) < 4.78 is 1.73. The number of hydrogen-bond acceptors (Lipinski definition) is 3. The van der Waals surface area contributed by atoms with Gasteiger partial charge in [-0.3, -0.25) is 0 Å². The molecule has 2 rings (SSSR count). The molecule has 86 valence electrons. The highest BCUT2D eigenvalue weighted by molar-refractivity contribution is 5.31. The maximum absolute atomic E-state index is 3.91. The Morgan fingerprint density at radius 1 is 1.25 bits per heavy atom. The summed E-state index contributed by atoms with van der Waals surface area (Å²) in [5, 5.41) is 11.2. The third kappa shape index (κ3) is 2.66. The fraction of sp³-hybridized carbons (Fsp3) is 0.417. The minimum atomic E-state index is -0.266. The number of tetrazole rings is 1. The molecule has 0 spiro atoms. The van der Waals surface area contributed by atoms with Crippen molar-refractivity contribution in [1.29, 1.82) is 0 Å². The lowest BCUT2D eigenvalue weighted by atomic mass is 10.0. The zero-order valence-corrected chi connectivity index (χ0v) is 10.3. The first-order chi connectivity index (χ1) is 7.71. The Balaban J connectivity index is 0.000000606. The Morgan fingerprint density at radius 3 is 2.62 bits per heavy atom. The van der Waals surface area contributed by atoms with Crippen LogP contribution in [0.5, 0.6) is 0 Å². The van der Waals surface area contributed by atoms with E-state index >= 15 is 0 Å². The molecule has 1 aliphatic rings. The van der Waals surface area contributed by atoms with Crippen molar-refractivity contribution in [2.45, 2.75) is 33.2 Å². The van der Waals surface area contributed by atoms with Gasteiger partial charge in [0.1, 0.15) is 11.9 Å². The first kappa shape index (κ1) is 12.4. The van der Waals surface area contributed by atoms with E-state index in [2.05, 4.69) is 53.7 Å². The Bertz CT molecular complexity index is 401. The third-order valence-electron chi connectivity index (χ3n) is 2.32. The van der Waals surface area contributed by atoms with Crippen LogP contribution in [0.2, 0.25) is 0 Å². The monoisotopic (exact) mass is 218 g/mol. The molecule has 0 bridgehead atoms. The Labute approximate surface area is 96.4 Å². The van der Waals surface area contributed by atoms with Crippen molar-refractivity contribution in [1.82, 2.24) is 20.2 Å². The van der Waals surface area contributed by atoms with Crippen molar-refractivity contribution in [2.75, 3.05) is 0 Å². The molecule has 4 nitrogen and oxygen atoms in total. The summed E-state index contributed by atoms with van der Waals surface area (Å²) in [6.07, 6.45) is 11.9. The highest BCUT2D eigenvalue weighted by atomic mass is 15.5. The van der Waals surface area contributed by atoms with Gasteiger partial charge in [-0.2, -0.15) is 0 Å². The molecule has 1 aromatic heterocycles. The second-order valence-corrected chi connectivity index (χ2v) is 3.58. The van der Waals surface area contributed by atoms with Crippen LogP contribution in [-0.4, -0.2) is 20.2 Å². The summed E-state index contributed by atoms with van der Waals surface area (Å²) >= 11 is 0. The Morgan fingerprint density at radius 2 is 2.00 bits per heavy atom. The molecule has 4 heteroatoms. The van der Waals surface area contributed by atoms with Crippen LogP contribution in [0.1, 0.15) is 27.7 Å². The van der Waals surface area contributed by atoms with Crippen LogP contribution in [0.3, 0.4) is 0 Å². The van der Waals surface area contributed by atoms with Crippen LogP contribution in [0.15, 0.2) is 42.3 Å². The van der Waals surface area contributed by atoms with E-state index in [9.17, 15) is 0 Å². The van der Waals surface area contributed by atoms with Gasteiger partial charge < -0.3 is 0 Å². The van der Waals surface area contributed by atoms with Gasteiger partial charge in [-0.1, -0.05) is 49.8 Å². The fourth-order valence-corrected chi connectivity index (χ4v) is 1.34. The molecule has 0 fully saturated rings. The van der Waals surface area contributed by atoms with Crippen LogP contribution >= 0.6 is 0 Å². The van der Waals surface area contributed by atoms with Crippen molar-refractivity contribution in [3.8, 4) is 0 Å². The van der Waals surface area contributed by atoms with Crippen LogP contribution in [0.25, 0.3) is 0 Å². The quantitative estimate of drug-likeness (QED) is 0.727. The zero-order chi connectivity index (χ0) is 12.0. The van der Waals surface area contributed by atoms with E-state index in [-0.39, 0.29) is 5.54 Å². The van der Waals surface area contributed by atoms with Crippen molar-refractivity contribution in [3.05, 3.63) is 42.3 Å². The number of aromatic nitrogens is 4. The SMILES string of the molecule is CC.CC1=CC=CC(C)(n2cnnn2)C=C1. The largest absolute Gasteiger partial charge is 0.219 e. The zero-order valence-electron chi connectivity index (χ0n) is 10.3.